The minimum atomic E-state index is -0.133. The second-order valence-electron chi connectivity index (χ2n) is 7.17. The summed E-state index contributed by atoms with van der Waals surface area (Å²) in [5.41, 5.74) is 2.58. The smallest absolute Gasteiger partial charge is 0.256 e. The summed E-state index contributed by atoms with van der Waals surface area (Å²) in [4.78, 5) is 26.2. The van der Waals surface area contributed by atoms with E-state index in [1.54, 1.807) is 24.1 Å². The number of rotatable bonds is 3. The van der Waals surface area contributed by atoms with Crippen molar-refractivity contribution in [2.24, 2.45) is 0 Å². The molecule has 2 aromatic rings. The Bertz CT molecular complexity index is 836. The maximum Gasteiger partial charge on any atom is 0.256 e. The number of fused-ring (bicyclic) bond motifs is 1. The first-order valence-electron chi connectivity index (χ1n) is 9.39. The molecule has 26 heavy (non-hydrogen) atoms. The van der Waals surface area contributed by atoms with Crippen LogP contribution in [0.1, 0.15) is 61.0 Å². The van der Waals surface area contributed by atoms with Crippen molar-refractivity contribution in [1.82, 2.24) is 9.78 Å². The summed E-state index contributed by atoms with van der Waals surface area (Å²) in [6.45, 7) is 2.26. The summed E-state index contributed by atoms with van der Waals surface area (Å²) in [6, 6.07) is 7.79. The molecule has 0 bridgehead atoms. The van der Waals surface area contributed by atoms with Crippen LogP contribution in [0.15, 0.2) is 30.5 Å². The fraction of sp³-hybridized carbons (Fsp3) is 0.450. The topological polar surface area (TPSA) is 67.2 Å². The van der Waals surface area contributed by atoms with E-state index in [0.29, 0.717) is 18.2 Å². The van der Waals surface area contributed by atoms with Gasteiger partial charge in [-0.25, -0.2) is 4.68 Å². The molecule has 2 amide bonds. The highest BCUT2D eigenvalue weighted by Crippen LogP contribution is 2.31. The first kappa shape index (κ1) is 16.8. The molecule has 1 aliphatic heterocycles. The Morgan fingerprint density at radius 1 is 1.15 bits per heavy atom. The molecule has 136 valence electrons. The number of hydrogen-bond donors (Lipinski definition) is 1. The van der Waals surface area contributed by atoms with E-state index >= 15 is 0 Å². The van der Waals surface area contributed by atoms with Gasteiger partial charge in [0.1, 0.15) is 5.82 Å². The third kappa shape index (κ3) is 3.11. The van der Waals surface area contributed by atoms with Crippen molar-refractivity contribution in [2.75, 3.05) is 16.8 Å². The van der Waals surface area contributed by atoms with Crippen LogP contribution < -0.4 is 10.2 Å². The predicted octanol–water partition coefficient (Wildman–Crippen LogP) is 3.55. The van der Waals surface area contributed by atoms with Crippen LogP contribution in [0.25, 0.3) is 0 Å². The molecular formula is C20H24N4O2. The lowest BCUT2D eigenvalue weighted by molar-refractivity contribution is -0.116. The lowest BCUT2D eigenvalue weighted by Gasteiger charge is -2.24. The van der Waals surface area contributed by atoms with Crippen LogP contribution in [-0.2, 0) is 11.2 Å². The van der Waals surface area contributed by atoms with Gasteiger partial charge in [0, 0.05) is 30.8 Å². The largest absolute Gasteiger partial charge is 0.312 e. The molecule has 1 fully saturated rings. The van der Waals surface area contributed by atoms with Gasteiger partial charge >= 0.3 is 0 Å². The van der Waals surface area contributed by atoms with Crippen molar-refractivity contribution in [1.29, 1.82) is 0 Å². The minimum Gasteiger partial charge on any atom is -0.312 e. The average Bonchev–Trinajstić information content (AvgIpc) is 3.28. The molecular weight excluding hydrogens is 328 g/mol. The number of hydrogen-bond acceptors (Lipinski definition) is 3. The molecule has 0 saturated heterocycles. The van der Waals surface area contributed by atoms with Crippen LogP contribution in [0.5, 0.6) is 0 Å². The molecule has 1 aromatic heterocycles. The summed E-state index contributed by atoms with van der Waals surface area (Å²) < 4.78 is 1.96. The molecule has 2 aliphatic rings. The van der Waals surface area contributed by atoms with Gasteiger partial charge in [0.05, 0.1) is 12.2 Å². The summed E-state index contributed by atoms with van der Waals surface area (Å²) in [7, 11) is 0. The Morgan fingerprint density at radius 2 is 1.96 bits per heavy atom. The van der Waals surface area contributed by atoms with E-state index in [-0.39, 0.29) is 11.8 Å². The van der Waals surface area contributed by atoms with Gasteiger partial charge in [-0.2, -0.15) is 5.10 Å². The van der Waals surface area contributed by atoms with Gasteiger partial charge in [-0.05, 0) is 43.0 Å². The zero-order valence-electron chi connectivity index (χ0n) is 15.1. The third-order valence-electron chi connectivity index (χ3n) is 5.45. The quantitative estimate of drug-likeness (QED) is 0.918. The fourth-order valence-electron chi connectivity index (χ4n) is 4.09. The Labute approximate surface area is 153 Å². The Morgan fingerprint density at radius 3 is 2.73 bits per heavy atom. The van der Waals surface area contributed by atoms with E-state index in [2.05, 4.69) is 10.4 Å². The highest BCUT2D eigenvalue weighted by atomic mass is 16.2. The number of benzene rings is 1. The fourth-order valence-corrected chi connectivity index (χ4v) is 4.09. The van der Waals surface area contributed by atoms with Gasteiger partial charge in [-0.15, -0.1) is 0 Å². The second-order valence-corrected chi connectivity index (χ2v) is 7.17. The number of amides is 2. The van der Waals surface area contributed by atoms with Crippen LogP contribution in [0, 0.1) is 0 Å². The maximum absolute atomic E-state index is 12.7. The van der Waals surface area contributed by atoms with Gasteiger partial charge in [0.25, 0.3) is 5.91 Å². The number of nitrogens with zero attached hydrogens (tertiary/aromatic N) is 3. The van der Waals surface area contributed by atoms with Crippen molar-refractivity contribution in [3.8, 4) is 0 Å². The molecule has 1 N–H and O–H groups in total. The van der Waals surface area contributed by atoms with Crippen molar-refractivity contribution in [3.63, 3.8) is 0 Å². The minimum absolute atomic E-state index is 0.0392. The molecule has 0 atom stereocenters. The van der Waals surface area contributed by atoms with Gasteiger partial charge in [-0.1, -0.05) is 19.3 Å². The molecule has 0 unspecified atom stereocenters. The van der Waals surface area contributed by atoms with Crippen molar-refractivity contribution >= 4 is 23.3 Å². The number of carbonyl (C=O) groups excluding carboxylic acids is 2. The van der Waals surface area contributed by atoms with Crippen LogP contribution in [0.4, 0.5) is 11.5 Å². The highest BCUT2D eigenvalue weighted by molar-refractivity contribution is 6.05. The van der Waals surface area contributed by atoms with Crippen LogP contribution in [0.3, 0.4) is 0 Å². The van der Waals surface area contributed by atoms with Gasteiger partial charge in [0.2, 0.25) is 5.91 Å². The van der Waals surface area contributed by atoms with Crippen molar-refractivity contribution in [3.05, 3.63) is 41.6 Å². The van der Waals surface area contributed by atoms with Crippen LogP contribution >= 0.6 is 0 Å². The summed E-state index contributed by atoms with van der Waals surface area (Å²) in [6.07, 6.45) is 8.48. The van der Waals surface area contributed by atoms with Gasteiger partial charge < -0.3 is 10.2 Å². The van der Waals surface area contributed by atoms with Crippen molar-refractivity contribution in [2.45, 2.75) is 51.5 Å². The number of aromatic nitrogens is 2. The molecule has 1 saturated carbocycles. The molecule has 6 heteroatoms. The van der Waals surface area contributed by atoms with Gasteiger partial charge in [-0.3, -0.25) is 9.59 Å². The lowest BCUT2D eigenvalue weighted by atomic mass is 9.96. The summed E-state index contributed by atoms with van der Waals surface area (Å²) >= 11 is 0. The average molecular weight is 352 g/mol. The van der Waals surface area contributed by atoms with E-state index in [0.717, 1.165) is 36.3 Å². The number of nitrogens with one attached hydrogen (secondary N) is 1. The van der Waals surface area contributed by atoms with E-state index in [4.69, 9.17) is 0 Å². The summed E-state index contributed by atoms with van der Waals surface area (Å²) in [5, 5.41) is 7.44. The molecule has 1 aliphatic carbocycles. The highest BCUT2D eigenvalue weighted by Gasteiger charge is 2.24. The first-order chi connectivity index (χ1) is 12.6. The standard InChI is InChI=1S/C20H24N4O2/c1-14(25)23-12-10-15-13-16(7-8-18(15)23)20(26)22-19-9-11-21-24(19)17-5-3-2-4-6-17/h7-9,11,13,17H,2-6,10,12H2,1H3,(H,22,26). The molecule has 2 heterocycles. The zero-order valence-corrected chi connectivity index (χ0v) is 15.1. The Hall–Kier alpha value is -2.63. The van der Waals surface area contributed by atoms with Crippen LogP contribution in [0.2, 0.25) is 0 Å². The van der Waals surface area contributed by atoms with Crippen LogP contribution in [-0.4, -0.2) is 28.1 Å². The second kappa shape index (κ2) is 6.94. The maximum atomic E-state index is 12.7. The van der Waals surface area contributed by atoms with Gasteiger partial charge in [0.15, 0.2) is 0 Å². The summed E-state index contributed by atoms with van der Waals surface area (Å²) in [5.74, 6) is 0.664. The first-order valence-corrected chi connectivity index (χ1v) is 9.39. The predicted molar refractivity (Wildman–Crippen MR) is 100 cm³/mol. The normalized spacial score (nSPS) is 17.2. The zero-order chi connectivity index (χ0) is 18.1. The number of carbonyl (C=O) groups is 2. The Kier molecular flexibility index (Phi) is 4.49. The molecule has 0 spiro atoms. The van der Waals surface area contributed by atoms with E-state index in [1.165, 1.54) is 19.3 Å². The molecule has 1 aromatic carbocycles. The third-order valence-corrected chi connectivity index (χ3v) is 5.45. The molecule has 0 radical (unpaired) electrons. The Balaban J connectivity index is 1.51. The lowest BCUT2D eigenvalue weighted by Crippen LogP contribution is -2.25. The monoisotopic (exact) mass is 352 g/mol. The molecule has 4 rings (SSSR count). The van der Waals surface area contributed by atoms with E-state index in [1.807, 2.05) is 22.9 Å². The number of anilines is 2. The van der Waals surface area contributed by atoms with E-state index in [9.17, 15) is 9.59 Å². The SMILES string of the molecule is CC(=O)N1CCc2cc(C(=O)Nc3ccnn3C3CCCCC3)ccc21. The molecule has 6 nitrogen and oxygen atoms in total. The van der Waals surface area contributed by atoms with Crippen molar-refractivity contribution < 1.29 is 9.59 Å². The van der Waals surface area contributed by atoms with E-state index < -0.39 is 0 Å².